The van der Waals surface area contributed by atoms with Gasteiger partial charge in [-0.1, -0.05) is 0 Å². The number of amides is 1. The van der Waals surface area contributed by atoms with Crippen LogP contribution in [0.1, 0.15) is 17.3 Å². The van der Waals surface area contributed by atoms with E-state index in [0.717, 1.165) is 0 Å². The van der Waals surface area contributed by atoms with Gasteiger partial charge in [-0.3, -0.25) is 4.79 Å². The Morgan fingerprint density at radius 2 is 1.71 bits per heavy atom. The summed E-state index contributed by atoms with van der Waals surface area (Å²) < 4.78 is 29.5. The maximum Gasteiger partial charge on any atom is 0.338 e. The van der Waals surface area contributed by atoms with Crippen molar-refractivity contribution >= 4 is 28.5 Å². The lowest BCUT2D eigenvalue weighted by atomic mass is 10.1. The number of methoxy groups -OCH3 is 1. The van der Waals surface area contributed by atoms with E-state index in [2.05, 4.69) is 10.3 Å². The van der Waals surface area contributed by atoms with Crippen molar-refractivity contribution in [3.63, 3.8) is 0 Å². The summed E-state index contributed by atoms with van der Waals surface area (Å²) in [6.07, 6.45) is 0. The Morgan fingerprint density at radius 1 is 0.971 bits per heavy atom. The molecule has 1 N–H and O–H groups in total. The van der Waals surface area contributed by atoms with Crippen LogP contribution >= 0.6 is 0 Å². The fourth-order valence-electron chi connectivity index (χ4n) is 3.44. The second-order valence-corrected chi connectivity index (χ2v) is 7.53. The summed E-state index contributed by atoms with van der Waals surface area (Å²) in [6, 6.07) is 19.4. The molecule has 1 heterocycles. The molecule has 0 spiro atoms. The highest BCUT2D eigenvalue weighted by Crippen LogP contribution is 2.31. The minimum atomic E-state index is -0.472. The van der Waals surface area contributed by atoms with Crippen LogP contribution in [-0.4, -0.2) is 37.2 Å². The zero-order valence-electron chi connectivity index (χ0n) is 19.2. The highest BCUT2D eigenvalue weighted by molar-refractivity contribution is 5.97. The highest BCUT2D eigenvalue weighted by Gasteiger charge is 2.15. The molecule has 0 bridgehead atoms. The van der Waals surface area contributed by atoms with Crippen LogP contribution in [0, 0.1) is 5.82 Å². The number of esters is 1. The van der Waals surface area contributed by atoms with Crippen molar-refractivity contribution < 1.29 is 28.2 Å². The number of hydrogen-bond donors (Lipinski definition) is 1. The normalized spacial score (nSPS) is 10.6. The maximum absolute atomic E-state index is 13.4. The number of ether oxygens (including phenoxy) is 3. The third kappa shape index (κ3) is 5.73. The number of carbonyl (C=O) groups excluding carboxylic acids is 2. The number of aromatic nitrogens is 1. The topological polar surface area (TPSA) is 86.8 Å². The average molecular weight is 474 g/mol. The number of nitrogens with zero attached hydrogens (tertiary/aromatic N) is 1. The number of nitrogens with one attached hydrogen (secondary N) is 1. The zero-order valence-corrected chi connectivity index (χ0v) is 19.2. The Balaban J connectivity index is 1.63. The zero-order chi connectivity index (χ0) is 24.8. The van der Waals surface area contributed by atoms with Crippen molar-refractivity contribution in [2.45, 2.75) is 6.92 Å². The Morgan fingerprint density at radius 3 is 2.40 bits per heavy atom. The molecule has 0 fully saturated rings. The van der Waals surface area contributed by atoms with E-state index in [4.69, 9.17) is 14.2 Å². The van der Waals surface area contributed by atoms with Crippen molar-refractivity contribution in [1.29, 1.82) is 0 Å². The molecular formula is C27H23FN2O5. The molecule has 4 aromatic rings. The summed E-state index contributed by atoms with van der Waals surface area (Å²) in [5.74, 6) is -0.177. The van der Waals surface area contributed by atoms with Gasteiger partial charge in [0.15, 0.2) is 6.61 Å². The molecule has 8 heteroatoms. The molecule has 178 valence electrons. The predicted octanol–water partition coefficient (Wildman–Crippen LogP) is 5.24. The number of carbonyl (C=O) groups is 2. The lowest BCUT2D eigenvalue weighted by Crippen LogP contribution is -2.20. The highest BCUT2D eigenvalue weighted by atomic mass is 19.1. The number of anilines is 1. The van der Waals surface area contributed by atoms with Crippen molar-refractivity contribution in [3.8, 4) is 22.8 Å². The third-order valence-electron chi connectivity index (χ3n) is 5.15. The first-order valence-electron chi connectivity index (χ1n) is 10.9. The van der Waals surface area contributed by atoms with Crippen LogP contribution in [0.15, 0.2) is 72.8 Å². The van der Waals surface area contributed by atoms with Crippen molar-refractivity contribution in [2.75, 3.05) is 25.6 Å². The van der Waals surface area contributed by atoms with E-state index in [-0.39, 0.29) is 24.9 Å². The van der Waals surface area contributed by atoms with Gasteiger partial charge in [0.25, 0.3) is 5.91 Å². The number of benzene rings is 3. The molecule has 0 saturated carbocycles. The first kappa shape index (κ1) is 23.7. The summed E-state index contributed by atoms with van der Waals surface area (Å²) in [7, 11) is 1.56. The number of hydrogen-bond acceptors (Lipinski definition) is 6. The molecule has 0 saturated heterocycles. The van der Waals surface area contributed by atoms with Crippen LogP contribution < -0.4 is 14.8 Å². The number of pyridine rings is 1. The summed E-state index contributed by atoms with van der Waals surface area (Å²) in [5, 5.41) is 3.30. The minimum absolute atomic E-state index is 0.244. The standard InChI is InChI=1S/C27H23FN2O5/c1-3-34-27(32)18-6-13-23-22(14-18)25(15-24(30-23)17-4-7-19(28)8-5-17)35-16-26(31)29-20-9-11-21(33-2)12-10-20/h4-15H,3,16H2,1-2H3,(H,29,31). The van der Waals surface area contributed by atoms with Crippen LogP contribution in [0.5, 0.6) is 11.5 Å². The van der Waals surface area contributed by atoms with Crippen LogP contribution in [0.2, 0.25) is 0 Å². The lowest BCUT2D eigenvalue weighted by molar-refractivity contribution is -0.118. The van der Waals surface area contributed by atoms with Gasteiger partial charge in [-0.05, 0) is 73.7 Å². The Kier molecular flexibility index (Phi) is 7.21. The average Bonchev–Trinajstić information content (AvgIpc) is 2.88. The van der Waals surface area contributed by atoms with Gasteiger partial charge >= 0.3 is 5.97 Å². The van der Waals surface area contributed by atoms with Crippen molar-refractivity contribution in [2.24, 2.45) is 0 Å². The maximum atomic E-state index is 13.4. The van der Waals surface area contributed by atoms with Gasteiger partial charge in [0.1, 0.15) is 17.3 Å². The molecule has 3 aromatic carbocycles. The molecular weight excluding hydrogens is 451 g/mol. The van der Waals surface area contributed by atoms with Gasteiger partial charge < -0.3 is 19.5 Å². The Labute approximate surface area is 201 Å². The van der Waals surface area contributed by atoms with Gasteiger partial charge in [0, 0.05) is 22.7 Å². The van der Waals surface area contributed by atoms with Crippen molar-refractivity contribution in [1.82, 2.24) is 4.98 Å². The van der Waals surface area contributed by atoms with Crippen LogP contribution in [-0.2, 0) is 9.53 Å². The fourth-order valence-corrected chi connectivity index (χ4v) is 3.44. The molecule has 1 amide bonds. The van der Waals surface area contributed by atoms with Crippen molar-refractivity contribution in [3.05, 3.63) is 84.2 Å². The van der Waals surface area contributed by atoms with E-state index < -0.39 is 5.97 Å². The van der Waals surface area contributed by atoms with Gasteiger partial charge in [-0.15, -0.1) is 0 Å². The Bertz CT molecular complexity index is 1350. The van der Waals surface area contributed by atoms with E-state index in [1.165, 1.54) is 12.1 Å². The fraction of sp³-hybridized carbons (Fsp3) is 0.148. The SMILES string of the molecule is CCOC(=O)c1ccc2nc(-c3ccc(F)cc3)cc(OCC(=O)Nc3ccc(OC)cc3)c2c1. The smallest absolute Gasteiger partial charge is 0.338 e. The molecule has 0 aliphatic carbocycles. The van der Waals surface area contributed by atoms with Crippen LogP contribution in [0.4, 0.5) is 10.1 Å². The summed E-state index contributed by atoms with van der Waals surface area (Å²) in [5.41, 5.74) is 2.69. The Hall–Kier alpha value is -4.46. The lowest BCUT2D eigenvalue weighted by Gasteiger charge is -2.13. The van der Waals surface area contributed by atoms with Gasteiger partial charge in [-0.25, -0.2) is 14.2 Å². The molecule has 1 aromatic heterocycles. The summed E-state index contributed by atoms with van der Waals surface area (Å²) in [6.45, 7) is 1.69. The number of fused-ring (bicyclic) bond motifs is 1. The van der Waals surface area contributed by atoms with E-state index in [0.29, 0.717) is 44.9 Å². The molecule has 0 radical (unpaired) electrons. The predicted molar refractivity (Wildman–Crippen MR) is 130 cm³/mol. The first-order valence-corrected chi connectivity index (χ1v) is 10.9. The molecule has 7 nitrogen and oxygen atoms in total. The molecule has 35 heavy (non-hydrogen) atoms. The second-order valence-electron chi connectivity index (χ2n) is 7.53. The summed E-state index contributed by atoms with van der Waals surface area (Å²) in [4.78, 5) is 29.4. The first-order chi connectivity index (χ1) is 17.0. The summed E-state index contributed by atoms with van der Waals surface area (Å²) >= 11 is 0. The van der Waals surface area contributed by atoms with E-state index in [1.54, 1.807) is 74.7 Å². The minimum Gasteiger partial charge on any atom is -0.497 e. The number of halogens is 1. The molecule has 0 unspecified atom stereocenters. The van der Waals surface area contributed by atoms with Gasteiger partial charge in [0.05, 0.1) is 30.5 Å². The van der Waals surface area contributed by atoms with E-state index in [1.807, 2.05) is 0 Å². The quantitative estimate of drug-likeness (QED) is 0.351. The molecule has 0 atom stereocenters. The van der Waals surface area contributed by atoms with Crippen LogP contribution in [0.25, 0.3) is 22.2 Å². The van der Waals surface area contributed by atoms with E-state index >= 15 is 0 Å². The number of rotatable bonds is 8. The van der Waals surface area contributed by atoms with E-state index in [9.17, 15) is 14.0 Å². The molecule has 0 aliphatic rings. The van der Waals surface area contributed by atoms with Gasteiger partial charge in [0.2, 0.25) is 0 Å². The second kappa shape index (κ2) is 10.6. The molecule has 4 rings (SSSR count). The van der Waals surface area contributed by atoms with Crippen LogP contribution in [0.3, 0.4) is 0 Å². The molecule has 0 aliphatic heterocycles. The van der Waals surface area contributed by atoms with Gasteiger partial charge in [-0.2, -0.15) is 0 Å². The largest absolute Gasteiger partial charge is 0.497 e. The third-order valence-corrected chi connectivity index (χ3v) is 5.15. The monoisotopic (exact) mass is 474 g/mol.